The van der Waals surface area contributed by atoms with E-state index in [9.17, 15) is 13.2 Å². The number of sulfonamides is 1. The minimum atomic E-state index is -3.68. The SMILES string of the molecule is COc1ccc(S(=O)(=O)N2CCOCC2)cc1NC(=O)c1cc(C2CC2)[nH]n1. The van der Waals surface area contributed by atoms with Gasteiger partial charge in [0.25, 0.3) is 5.91 Å². The summed E-state index contributed by atoms with van der Waals surface area (Å²) in [5.74, 6) is 0.389. The number of carbonyl (C=O) groups is 1. The van der Waals surface area contributed by atoms with Crippen molar-refractivity contribution < 1.29 is 22.7 Å². The molecule has 1 aromatic heterocycles. The zero-order valence-corrected chi connectivity index (χ0v) is 16.3. The zero-order valence-electron chi connectivity index (χ0n) is 15.5. The molecule has 0 atom stereocenters. The third kappa shape index (κ3) is 3.75. The molecule has 2 N–H and O–H groups in total. The van der Waals surface area contributed by atoms with Crippen molar-refractivity contribution in [1.82, 2.24) is 14.5 Å². The third-order valence-electron chi connectivity index (χ3n) is 4.87. The van der Waals surface area contributed by atoms with Gasteiger partial charge in [0.15, 0.2) is 5.69 Å². The van der Waals surface area contributed by atoms with Crippen LogP contribution in [0.1, 0.15) is 34.9 Å². The Morgan fingerprint density at radius 3 is 2.71 bits per heavy atom. The molecule has 150 valence electrons. The Balaban J connectivity index is 1.58. The molecule has 4 rings (SSSR count). The molecular weight excluding hydrogens is 384 g/mol. The Morgan fingerprint density at radius 2 is 2.04 bits per heavy atom. The van der Waals surface area contributed by atoms with Crippen molar-refractivity contribution in [3.8, 4) is 5.75 Å². The van der Waals surface area contributed by atoms with Crippen LogP contribution in [0.3, 0.4) is 0 Å². The maximum absolute atomic E-state index is 12.9. The van der Waals surface area contributed by atoms with Gasteiger partial charge in [0.05, 0.1) is 30.9 Å². The average Bonchev–Trinajstić information content (AvgIpc) is 3.45. The molecule has 1 aromatic carbocycles. The first-order valence-electron chi connectivity index (χ1n) is 9.11. The molecule has 1 aliphatic carbocycles. The predicted molar refractivity (Wildman–Crippen MR) is 101 cm³/mol. The quantitative estimate of drug-likeness (QED) is 0.753. The Morgan fingerprint density at radius 1 is 1.29 bits per heavy atom. The summed E-state index contributed by atoms with van der Waals surface area (Å²) in [7, 11) is -2.22. The van der Waals surface area contributed by atoms with Crippen LogP contribution in [0.2, 0.25) is 0 Å². The van der Waals surface area contributed by atoms with Crippen LogP contribution in [0.5, 0.6) is 5.75 Å². The van der Waals surface area contributed by atoms with Crippen LogP contribution in [0.25, 0.3) is 0 Å². The normalized spacial score (nSPS) is 18.0. The Kier molecular flexibility index (Phi) is 5.09. The average molecular weight is 406 g/mol. The van der Waals surface area contributed by atoms with E-state index in [-0.39, 0.29) is 16.3 Å². The summed E-state index contributed by atoms with van der Waals surface area (Å²) >= 11 is 0. The fraction of sp³-hybridized carbons (Fsp3) is 0.444. The highest BCUT2D eigenvalue weighted by atomic mass is 32.2. The van der Waals surface area contributed by atoms with Crippen LogP contribution in [0, 0.1) is 0 Å². The van der Waals surface area contributed by atoms with Gasteiger partial charge in [-0.25, -0.2) is 8.42 Å². The highest BCUT2D eigenvalue weighted by Gasteiger charge is 2.28. The zero-order chi connectivity index (χ0) is 19.7. The number of nitrogens with one attached hydrogen (secondary N) is 2. The molecule has 1 amide bonds. The molecule has 2 aromatic rings. The van der Waals surface area contributed by atoms with Gasteiger partial charge in [0.2, 0.25) is 10.0 Å². The van der Waals surface area contributed by atoms with E-state index in [0.29, 0.717) is 38.0 Å². The number of aromatic nitrogens is 2. The number of hydrogen-bond acceptors (Lipinski definition) is 6. The molecular formula is C18H22N4O5S. The summed E-state index contributed by atoms with van der Waals surface area (Å²) in [6.07, 6.45) is 2.19. The summed E-state index contributed by atoms with van der Waals surface area (Å²) in [5.41, 5.74) is 1.48. The molecule has 1 saturated heterocycles. The van der Waals surface area contributed by atoms with E-state index in [1.54, 1.807) is 6.07 Å². The molecule has 2 aliphatic rings. The minimum absolute atomic E-state index is 0.0891. The number of rotatable bonds is 6. The lowest BCUT2D eigenvalue weighted by Crippen LogP contribution is -2.40. The maximum atomic E-state index is 12.9. The van der Waals surface area contributed by atoms with Gasteiger partial charge in [-0.1, -0.05) is 0 Å². The molecule has 0 unspecified atom stereocenters. The number of carbonyl (C=O) groups excluding carboxylic acids is 1. The summed E-state index contributed by atoms with van der Waals surface area (Å²) in [5, 5.41) is 9.65. The molecule has 1 aliphatic heterocycles. The lowest BCUT2D eigenvalue weighted by molar-refractivity contribution is 0.0730. The van der Waals surface area contributed by atoms with Crippen LogP contribution in [0.4, 0.5) is 5.69 Å². The van der Waals surface area contributed by atoms with Crippen molar-refractivity contribution in [3.63, 3.8) is 0 Å². The summed E-state index contributed by atoms with van der Waals surface area (Å²) in [4.78, 5) is 12.7. The molecule has 28 heavy (non-hydrogen) atoms. The van der Waals surface area contributed by atoms with Crippen LogP contribution in [0.15, 0.2) is 29.2 Å². The first kappa shape index (κ1) is 18.9. The molecule has 0 radical (unpaired) electrons. The van der Waals surface area contributed by atoms with E-state index in [4.69, 9.17) is 9.47 Å². The monoisotopic (exact) mass is 406 g/mol. The predicted octanol–water partition coefficient (Wildman–Crippen LogP) is 1.57. The molecule has 1 saturated carbocycles. The largest absolute Gasteiger partial charge is 0.495 e. The van der Waals surface area contributed by atoms with Gasteiger partial charge in [0, 0.05) is 24.7 Å². The van der Waals surface area contributed by atoms with E-state index in [2.05, 4.69) is 15.5 Å². The van der Waals surface area contributed by atoms with Gasteiger partial charge < -0.3 is 14.8 Å². The number of morpholine rings is 1. The van der Waals surface area contributed by atoms with Gasteiger partial charge in [-0.2, -0.15) is 9.40 Å². The lowest BCUT2D eigenvalue weighted by Gasteiger charge is -2.26. The number of anilines is 1. The van der Waals surface area contributed by atoms with E-state index in [1.807, 2.05) is 0 Å². The first-order chi connectivity index (χ1) is 13.5. The number of methoxy groups -OCH3 is 1. The van der Waals surface area contributed by atoms with Crippen molar-refractivity contribution in [2.24, 2.45) is 0 Å². The van der Waals surface area contributed by atoms with E-state index >= 15 is 0 Å². The van der Waals surface area contributed by atoms with Crippen LogP contribution in [-0.4, -0.2) is 62.2 Å². The first-order valence-corrected chi connectivity index (χ1v) is 10.6. The topological polar surface area (TPSA) is 114 Å². The van der Waals surface area contributed by atoms with Gasteiger partial charge in [-0.05, 0) is 37.1 Å². The number of aromatic amines is 1. The Labute approximate surface area is 163 Å². The standard InChI is InChI=1S/C18H22N4O5S/c1-26-17-5-4-13(28(24,25)22-6-8-27-9-7-22)10-15(17)19-18(23)16-11-14(20-21-16)12-2-3-12/h4-5,10-12H,2-3,6-9H2,1H3,(H,19,23)(H,20,21). The van der Waals surface area contributed by atoms with Gasteiger partial charge in [-0.3, -0.25) is 9.89 Å². The minimum Gasteiger partial charge on any atom is -0.495 e. The van der Waals surface area contributed by atoms with Crippen molar-refractivity contribution in [2.45, 2.75) is 23.7 Å². The highest BCUT2D eigenvalue weighted by molar-refractivity contribution is 7.89. The van der Waals surface area contributed by atoms with Gasteiger partial charge in [-0.15, -0.1) is 0 Å². The lowest BCUT2D eigenvalue weighted by atomic mass is 10.2. The number of H-pyrrole nitrogens is 1. The number of nitrogens with zero attached hydrogens (tertiary/aromatic N) is 2. The number of amides is 1. The Hall–Kier alpha value is -2.43. The fourth-order valence-electron chi connectivity index (χ4n) is 3.12. The second kappa shape index (κ2) is 7.53. The summed E-state index contributed by atoms with van der Waals surface area (Å²) in [6.45, 7) is 1.32. The van der Waals surface area contributed by atoms with E-state index in [1.165, 1.54) is 29.6 Å². The van der Waals surface area contributed by atoms with Crippen LogP contribution >= 0.6 is 0 Å². The van der Waals surface area contributed by atoms with Gasteiger partial charge in [0.1, 0.15) is 5.75 Å². The second-order valence-electron chi connectivity index (χ2n) is 6.82. The second-order valence-corrected chi connectivity index (χ2v) is 8.75. The molecule has 0 spiro atoms. The molecule has 2 fully saturated rings. The van der Waals surface area contributed by atoms with Gasteiger partial charge >= 0.3 is 0 Å². The van der Waals surface area contributed by atoms with Crippen molar-refractivity contribution in [3.05, 3.63) is 35.7 Å². The molecule has 9 nitrogen and oxygen atoms in total. The molecule has 10 heteroatoms. The molecule has 0 bridgehead atoms. The van der Waals surface area contributed by atoms with Crippen LogP contribution in [-0.2, 0) is 14.8 Å². The van der Waals surface area contributed by atoms with E-state index < -0.39 is 15.9 Å². The van der Waals surface area contributed by atoms with E-state index in [0.717, 1.165) is 18.5 Å². The molecule has 2 heterocycles. The fourth-order valence-corrected chi connectivity index (χ4v) is 4.56. The number of ether oxygens (including phenoxy) is 2. The van der Waals surface area contributed by atoms with Crippen molar-refractivity contribution >= 4 is 21.6 Å². The maximum Gasteiger partial charge on any atom is 0.276 e. The highest BCUT2D eigenvalue weighted by Crippen LogP contribution is 2.39. The summed E-state index contributed by atoms with van der Waals surface area (Å²) < 4.78 is 37.6. The third-order valence-corrected chi connectivity index (χ3v) is 6.77. The van der Waals surface area contributed by atoms with Crippen molar-refractivity contribution in [1.29, 1.82) is 0 Å². The Bertz CT molecular complexity index is 978. The van der Waals surface area contributed by atoms with Crippen molar-refractivity contribution in [2.75, 3.05) is 38.7 Å². The summed E-state index contributed by atoms with van der Waals surface area (Å²) in [6, 6.07) is 6.14. The number of hydrogen-bond donors (Lipinski definition) is 2. The number of benzene rings is 1. The van der Waals surface area contributed by atoms with Crippen LogP contribution < -0.4 is 10.1 Å². The smallest absolute Gasteiger partial charge is 0.276 e.